The van der Waals surface area contributed by atoms with Crippen LogP contribution in [0.4, 0.5) is 0 Å². The summed E-state index contributed by atoms with van der Waals surface area (Å²) in [5, 5.41) is 6.39. The van der Waals surface area contributed by atoms with Crippen molar-refractivity contribution in [1.29, 1.82) is 0 Å². The van der Waals surface area contributed by atoms with E-state index < -0.39 is 18.0 Å². The summed E-state index contributed by atoms with van der Waals surface area (Å²) in [6.07, 6.45) is -1.13. The normalized spacial score (nSPS) is 20.6. The van der Waals surface area contributed by atoms with Gasteiger partial charge in [-0.3, -0.25) is 9.59 Å². The van der Waals surface area contributed by atoms with Crippen molar-refractivity contribution in [3.63, 3.8) is 0 Å². The maximum Gasteiger partial charge on any atom is 0.252 e. The number of carbonyl (C=O) groups is 2. The van der Waals surface area contributed by atoms with Gasteiger partial charge in [0.25, 0.3) is 11.8 Å². The van der Waals surface area contributed by atoms with Gasteiger partial charge < -0.3 is 24.8 Å². The zero-order chi connectivity index (χ0) is 23.1. The van der Waals surface area contributed by atoms with Gasteiger partial charge in [-0.25, -0.2) is 0 Å². The van der Waals surface area contributed by atoms with Crippen molar-refractivity contribution in [1.82, 2.24) is 10.6 Å². The highest BCUT2D eigenvalue weighted by Crippen LogP contribution is 2.21. The van der Waals surface area contributed by atoms with Gasteiger partial charge in [0.15, 0.2) is 5.79 Å². The molecule has 2 N–H and O–H groups in total. The molecule has 1 aliphatic rings. The minimum Gasteiger partial charge on any atom is -0.371 e. The summed E-state index contributed by atoms with van der Waals surface area (Å²) < 4.78 is 17.7. The number of ether oxygens (including phenoxy) is 3. The first-order valence-corrected chi connectivity index (χ1v) is 11.0. The highest BCUT2D eigenvalue weighted by molar-refractivity contribution is 6.34. The van der Waals surface area contributed by atoms with Crippen LogP contribution < -0.4 is 10.6 Å². The van der Waals surface area contributed by atoms with Gasteiger partial charge in [-0.15, -0.1) is 0 Å². The minimum atomic E-state index is -0.894. The van der Waals surface area contributed by atoms with Crippen molar-refractivity contribution in [3.8, 4) is 0 Å². The van der Waals surface area contributed by atoms with Gasteiger partial charge in [-0.2, -0.15) is 0 Å². The molecule has 2 aromatic carbocycles. The summed E-state index contributed by atoms with van der Waals surface area (Å²) in [7, 11) is 0. The highest BCUT2D eigenvalue weighted by atomic mass is 35.5. The van der Waals surface area contributed by atoms with Crippen LogP contribution in [0, 0.1) is 0 Å². The molecule has 0 radical (unpaired) electrons. The molecule has 172 valence electrons. The average molecular weight is 481 g/mol. The lowest BCUT2D eigenvalue weighted by molar-refractivity contribution is -0.277. The molecule has 0 bridgehead atoms. The molecule has 1 fully saturated rings. The highest BCUT2D eigenvalue weighted by Gasteiger charge is 2.33. The number of nitrogens with one attached hydrogen (secondary N) is 2. The number of amides is 2. The fraction of sp³-hybridized carbons (Fsp3) is 0.391. The second kappa shape index (κ2) is 11.1. The molecule has 1 saturated heterocycles. The first-order valence-electron chi connectivity index (χ1n) is 10.3. The maximum absolute atomic E-state index is 12.6. The van der Waals surface area contributed by atoms with E-state index in [-0.39, 0.29) is 24.9 Å². The van der Waals surface area contributed by atoms with E-state index in [0.717, 1.165) is 0 Å². The summed E-state index contributed by atoms with van der Waals surface area (Å²) in [6.45, 7) is 4.52. The van der Waals surface area contributed by atoms with Gasteiger partial charge in [0.1, 0.15) is 12.2 Å². The van der Waals surface area contributed by atoms with E-state index in [0.29, 0.717) is 34.4 Å². The number of benzene rings is 2. The third kappa shape index (κ3) is 6.67. The molecule has 0 unspecified atom stereocenters. The van der Waals surface area contributed by atoms with Gasteiger partial charge in [0, 0.05) is 13.1 Å². The van der Waals surface area contributed by atoms with Gasteiger partial charge >= 0.3 is 0 Å². The Hall–Kier alpha value is -2.16. The van der Waals surface area contributed by atoms with Crippen molar-refractivity contribution in [3.05, 3.63) is 69.7 Å². The molecule has 1 heterocycles. The van der Waals surface area contributed by atoms with Crippen molar-refractivity contribution >= 4 is 35.0 Å². The first kappa shape index (κ1) is 24.5. The molecule has 3 rings (SSSR count). The van der Waals surface area contributed by atoms with Crippen LogP contribution in [0.3, 0.4) is 0 Å². The molecule has 2 aromatic rings. The van der Waals surface area contributed by atoms with Crippen LogP contribution in [0.1, 0.15) is 34.6 Å². The molecule has 7 nitrogen and oxygen atoms in total. The summed E-state index contributed by atoms with van der Waals surface area (Å²) in [4.78, 5) is 25.2. The smallest absolute Gasteiger partial charge is 0.252 e. The van der Waals surface area contributed by atoms with E-state index in [9.17, 15) is 9.59 Å². The van der Waals surface area contributed by atoms with Crippen molar-refractivity contribution in [2.24, 2.45) is 0 Å². The Kier molecular flexibility index (Phi) is 8.51. The van der Waals surface area contributed by atoms with Crippen LogP contribution in [0.25, 0.3) is 0 Å². The third-order valence-corrected chi connectivity index (χ3v) is 5.54. The molecule has 0 aliphatic carbocycles. The van der Waals surface area contributed by atoms with Crippen LogP contribution in [0.2, 0.25) is 10.0 Å². The number of carbonyl (C=O) groups excluding carboxylic acids is 2. The van der Waals surface area contributed by atoms with E-state index in [4.69, 9.17) is 37.4 Å². The monoisotopic (exact) mass is 480 g/mol. The van der Waals surface area contributed by atoms with Gasteiger partial charge in [-0.05, 0) is 38.1 Å². The van der Waals surface area contributed by atoms with Crippen molar-refractivity contribution in [2.45, 2.75) is 31.8 Å². The van der Waals surface area contributed by atoms with Crippen LogP contribution in [0.5, 0.6) is 0 Å². The lowest BCUT2D eigenvalue weighted by Crippen LogP contribution is -2.52. The molecule has 1 aliphatic heterocycles. The van der Waals surface area contributed by atoms with Gasteiger partial charge in [0.05, 0.1) is 34.4 Å². The van der Waals surface area contributed by atoms with Gasteiger partial charge in [0.2, 0.25) is 0 Å². The van der Waals surface area contributed by atoms with Crippen LogP contribution in [0.15, 0.2) is 48.5 Å². The molecule has 0 spiro atoms. The van der Waals surface area contributed by atoms with Crippen molar-refractivity contribution < 1.29 is 23.8 Å². The quantitative estimate of drug-likeness (QED) is 0.658. The minimum absolute atomic E-state index is 0.128. The predicted molar refractivity (Wildman–Crippen MR) is 122 cm³/mol. The van der Waals surface area contributed by atoms with E-state index >= 15 is 0 Å². The molecular weight excluding hydrogens is 455 g/mol. The summed E-state index contributed by atoms with van der Waals surface area (Å²) >= 11 is 12.2. The van der Waals surface area contributed by atoms with E-state index in [2.05, 4.69) is 10.6 Å². The zero-order valence-corrected chi connectivity index (χ0v) is 19.4. The third-order valence-electron chi connectivity index (χ3n) is 4.88. The zero-order valence-electron chi connectivity index (χ0n) is 17.9. The Balaban J connectivity index is 1.69. The van der Waals surface area contributed by atoms with Crippen LogP contribution >= 0.6 is 23.2 Å². The number of hydrogen-bond donors (Lipinski definition) is 2. The standard InChI is InChI=1S/C23H26Cl2N2O5/c1-23(2)31-12-11-30-19(13-26-21(28)15-7-3-5-9-17(15)24)20(32-23)14-27-22(29)16-8-4-6-10-18(16)25/h3-10,19-20H,11-14H2,1-2H3,(H,26,28)(H,27,29)/t19-,20+/m1/s1. The molecule has 2 atom stereocenters. The summed E-state index contributed by atoms with van der Waals surface area (Å²) in [5.74, 6) is -1.55. The molecule has 0 saturated carbocycles. The second-order valence-corrected chi connectivity index (χ2v) is 8.51. The Morgan fingerprint density at radius 3 is 1.91 bits per heavy atom. The molecular formula is C23H26Cl2N2O5. The SMILES string of the molecule is CC1(C)OCCO[C@H](CNC(=O)c2ccccc2Cl)[C@H](CNC(=O)c2ccccc2Cl)O1. The average Bonchev–Trinajstić information content (AvgIpc) is 2.75. The lowest BCUT2D eigenvalue weighted by Gasteiger charge is -2.37. The Morgan fingerprint density at radius 1 is 0.875 bits per heavy atom. The largest absolute Gasteiger partial charge is 0.371 e. The first-order chi connectivity index (χ1) is 15.3. The fourth-order valence-electron chi connectivity index (χ4n) is 3.30. The fourth-order valence-corrected chi connectivity index (χ4v) is 3.74. The Morgan fingerprint density at radius 2 is 1.38 bits per heavy atom. The predicted octanol–water partition coefficient (Wildman–Crippen LogP) is 3.69. The molecule has 32 heavy (non-hydrogen) atoms. The Labute approximate surface area is 197 Å². The molecule has 2 amide bonds. The van der Waals surface area contributed by atoms with Crippen molar-refractivity contribution in [2.75, 3.05) is 26.3 Å². The summed E-state index contributed by atoms with van der Waals surface area (Å²) in [5.41, 5.74) is 0.730. The summed E-state index contributed by atoms with van der Waals surface area (Å²) in [6, 6.07) is 13.6. The second-order valence-electron chi connectivity index (χ2n) is 7.69. The molecule has 9 heteroatoms. The maximum atomic E-state index is 12.6. The lowest BCUT2D eigenvalue weighted by atomic mass is 10.1. The van der Waals surface area contributed by atoms with Crippen LogP contribution in [-0.2, 0) is 14.2 Å². The van der Waals surface area contributed by atoms with E-state index in [1.807, 2.05) is 0 Å². The number of halogens is 2. The number of rotatable bonds is 6. The van der Waals surface area contributed by atoms with Crippen LogP contribution in [-0.4, -0.2) is 56.1 Å². The van der Waals surface area contributed by atoms with E-state index in [1.165, 1.54) is 0 Å². The number of hydrogen-bond acceptors (Lipinski definition) is 5. The van der Waals surface area contributed by atoms with Gasteiger partial charge in [-0.1, -0.05) is 47.5 Å². The topological polar surface area (TPSA) is 85.9 Å². The van der Waals surface area contributed by atoms with E-state index in [1.54, 1.807) is 62.4 Å². The molecule has 0 aromatic heterocycles. The Bertz CT molecular complexity index is 953.